The van der Waals surface area contributed by atoms with E-state index in [1.807, 2.05) is 30.1 Å². The van der Waals surface area contributed by atoms with Gasteiger partial charge in [0.05, 0.1) is 0 Å². The quantitative estimate of drug-likeness (QED) is 0.815. The normalized spacial score (nSPS) is 14.8. The van der Waals surface area contributed by atoms with Gasteiger partial charge in [-0.25, -0.2) is 0 Å². The molecule has 1 N–H and O–H groups in total. The van der Waals surface area contributed by atoms with E-state index in [4.69, 9.17) is 0 Å². The molecule has 0 bridgehead atoms. The smallest absolute Gasteiger partial charge is 0.253 e. The predicted molar refractivity (Wildman–Crippen MR) is 108 cm³/mol. The summed E-state index contributed by atoms with van der Waals surface area (Å²) in [6.45, 7) is 1.78. The van der Waals surface area contributed by atoms with Crippen molar-refractivity contribution in [3.63, 3.8) is 0 Å². The van der Waals surface area contributed by atoms with Crippen molar-refractivity contribution in [2.75, 3.05) is 25.5 Å². The van der Waals surface area contributed by atoms with Crippen LogP contribution in [0.25, 0.3) is 11.1 Å². The van der Waals surface area contributed by atoms with E-state index in [0.717, 1.165) is 48.3 Å². The maximum atomic E-state index is 12.9. The summed E-state index contributed by atoms with van der Waals surface area (Å²) in [5.74, 6) is 0.172. The molecule has 4 heteroatoms. The van der Waals surface area contributed by atoms with Gasteiger partial charge in [-0.1, -0.05) is 43.5 Å². The minimum Gasteiger partial charge on any atom is -0.388 e. The number of amides is 1. The highest BCUT2D eigenvalue weighted by atomic mass is 35.5. The lowest BCUT2D eigenvalue weighted by Gasteiger charge is -2.25. The van der Waals surface area contributed by atoms with Crippen LogP contribution in [0.2, 0.25) is 0 Å². The first-order chi connectivity index (χ1) is 11.8. The Bertz CT molecular complexity index is 677. The number of carbonyl (C=O) groups excluding carboxylic acids is 1. The first-order valence-electron chi connectivity index (χ1n) is 8.95. The number of nitrogens with one attached hydrogen (secondary N) is 1. The summed E-state index contributed by atoms with van der Waals surface area (Å²) in [7, 11) is 1.91. The predicted octanol–water partition coefficient (Wildman–Crippen LogP) is 5.22. The Hall–Kier alpha value is -2.00. The van der Waals surface area contributed by atoms with Crippen LogP contribution in [0.4, 0.5) is 5.69 Å². The second-order valence-electron chi connectivity index (χ2n) is 6.47. The molecule has 1 aliphatic rings. The van der Waals surface area contributed by atoms with Crippen LogP contribution in [-0.2, 0) is 0 Å². The molecule has 3 rings (SSSR count). The summed E-state index contributed by atoms with van der Waals surface area (Å²) in [4.78, 5) is 14.9. The number of hydrogen-bond donors (Lipinski definition) is 1. The highest BCUT2D eigenvalue weighted by Crippen LogP contribution is 2.23. The van der Waals surface area contributed by atoms with Gasteiger partial charge in [0.1, 0.15) is 0 Å². The van der Waals surface area contributed by atoms with Crippen molar-refractivity contribution in [2.24, 2.45) is 0 Å². The third-order valence-electron chi connectivity index (χ3n) is 4.76. The molecule has 25 heavy (non-hydrogen) atoms. The zero-order valence-electron chi connectivity index (χ0n) is 14.8. The molecule has 2 aromatic carbocycles. The van der Waals surface area contributed by atoms with E-state index in [0.29, 0.717) is 0 Å². The highest BCUT2D eigenvalue weighted by molar-refractivity contribution is 5.95. The van der Waals surface area contributed by atoms with Crippen molar-refractivity contribution >= 4 is 24.0 Å². The number of rotatable bonds is 3. The van der Waals surface area contributed by atoms with E-state index in [1.165, 1.54) is 19.3 Å². The lowest BCUT2D eigenvalue weighted by atomic mass is 10.0. The summed E-state index contributed by atoms with van der Waals surface area (Å²) in [6.07, 6.45) is 6.03. The van der Waals surface area contributed by atoms with Crippen LogP contribution < -0.4 is 5.32 Å². The largest absolute Gasteiger partial charge is 0.388 e. The molecule has 0 atom stereocenters. The first-order valence-corrected chi connectivity index (χ1v) is 8.95. The Morgan fingerprint density at radius 1 is 0.880 bits per heavy atom. The minimum atomic E-state index is 0. The van der Waals surface area contributed by atoms with Crippen LogP contribution >= 0.6 is 12.4 Å². The molecule has 2 aromatic rings. The second kappa shape index (κ2) is 9.47. The Labute approximate surface area is 156 Å². The van der Waals surface area contributed by atoms with Crippen LogP contribution in [0.5, 0.6) is 0 Å². The molecule has 0 unspecified atom stereocenters. The van der Waals surface area contributed by atoms with Crippen molar-refractivity contribution in [3.05, 3.63) is 54.1 Å². The second-order valence-corrected chi connectivity index (χ2v) is 6.47. The third-order valence-corrected chi connectivity index (χ3v) is 4.76. The molecule has 0 saturated carbocycles. The van der Waals surface area contributed by atoms with E-state index in [9.17, 15) is 4.79 Å². The van der Waals surface area contributed by atoms with Gasteiger partial charge in [-0.3, -0.25) is 4.79 Å². The summed E-state index contributed by atoms with van der Waals surface area (Å²) >= 11 is 0. The van der Waals surface area contributed by atoms with Gasteiger partial charge >= 0.3 is 0 Å². The number of nitrogens with zero attached hydrogens (tertiary/aromatic N) is 1. The lowest BCUT2D eigenvalue weighted by Crippen LogP contribution is -2.33. The zero-order valence-corrected chi connectivity index (χ0v) is 15.6. The van der Waals surface area contributed by atoms with Crippen LogP contribution in [0.15, 0.2) is 48.5 Å². The van der Waals surface area contributed by atoms with Gasteiger partial charge in [0, 0.05) is 31.4 Å². The lowest BCUT2D eigenvalue weighted by molar-refractivity contribution is 0.0742. The van der Waals surface area contributed by atoms with Crippen LogP contribution in [0.3, 0.4) is 0 Å². The summed E-state index contributed by atoms with van der Waals surface area (Å²) in [5, 5.41) is 3.13. The molecule has 0 radical (unpaired) electrons. The van der Waals surface area contributed by atoms with Gasteiger partial charge in [0.2, 0.25) is 0 Å². The molecular formula is C21H27ClN2O. The Balaban J connectivity index is 0.00000225. The number of halogens is 1. The number of carbonyl (C=O) groups is 1. The third kappa shape index (κ3) is 4.99. The van der Waals surface area contributed by atoms with E-state index < -0.39 is 0 Å². The molecule has 1 heterocycles. The number of likely N-dealkylation sites (tertiary alicyclic amines) is 1. The van der Waals surface area contributed by atoms with Crippen molar-refractivity contribution in [2.45, 2.75) is 32.1 Å². The molecule has 1 aliphatic heterocycles. The Morgan fingerprint density at radius 3 is 2.16 bits per heavy atom. The fourth-order valence-corrected chi connectivity index (χ4v) is 3.29. The Morgan fingerprint density at radius 2 is 1.52 bits per heavy atom. The average molecular weight is 359 g/mol. The fourth-order valence-electron chi connectivity index (χ4n) is 3.29. The standard InChI is InChI=1S/C21H26N2O.ClH/c1-22-20-12-10-17(11-13-20)18-8-7-9-19(16-18)21(24)23-14-5-3-2-4-6-15-23;/h7-13,16,22H,2-6,14-15H2,1H3;1H. The molecule has 1 saturated heterocycles. The molecule has 0 aliphatic carbocycles. The molecule has 134 valence electrons. The van der Waals surface area contributed by atoms with E-state index in [2.05, 4.69) is 35.6 Å². The average Bonchev–Trinajstić information content (AvgIpc) is 2.61. The number of benzene rings is 2. The van der Waals surface area contributed by atoms with Crippen LogP contribution in [-0.4, -0.2) is 30.9 Å². The number of anilines is 1. The molecule has 3 nitrogen and oxygen atoms in total. The highest BCUT2D eigenvalue weighted by Gasteiger charge is 2.17. The van der Waals surface area contributed by atoms with E-state index in [1.54, 1.807) is 0 Å². The fraction of sp³-hybridized carbons (Fsp3) is 0.381. The van der Waals surface area contributed by atoms with Crippen molar-refractivity contribution in [1.82, 2.24) is 4.90 Å². The van der Waals surface area contributed by atoms with E-state index in [-0.39, 0.29) is 18.3 Å². The van der Waals surface area contributed by atoms with Crippen molar-refractivity contribution in [3.8, 4) is 11.1 Å². The van der Waals surface area contributed by atoms with Gasteiger partial charge in [-0.05, 0) is 48.2 Å². The monoisotopic (exact) mass is 358 g/mol. The summed E-state index contributed by atoms with van der Waals surface area (Å²) < 4.78 is 0. The van der Waals surface area contributed by atoms with Gasteiger partial charge in [0.25, 0.3) is 5.91 Å². The van der Waals surface area contributed by atoms with Gasteiger partial charge in [-0.15, -0.1) is 12.4 Å². The summed E-state index contributed by atoms with van der Waals surface area (Å²) in [6, 6.07) is 16.3. The summed E-state index contributed by atoms with van der Waals surface area (Å²) in [5.41, 5.74) is 4.12. The molecular weight excluding hydrogens is 332 g/mol. The molecule has 0 aromatic heterocycles. The number of hydrogen-bond acceptors (Lipinski definition) is 2. The van der Waals surface area contributed by atoms with Crippen molar-refractivity contribution in [1.29, 1.82) is 0 Å². The topological polar surface area (TPSA) is 32.3 Å². The molecule has 0 spiro atoms. The van der Waals surface area contributed by atoms with Crippen LogP contribution in [0, 0.1) is 0 Å². The first kappa shape index (κ1) is 19.3. The maximum absolute atomic E-state index is 12.9. The van der Waals surface area contributed by atoms with Gasteiger partial charge in [0.15, 0.2) is 0 Å². The Kier molecular flexibility index (Phi) is 7.32. The molecule has 1 fully saturated rings. The van der Waals surface area contributed by atoms with Crippen LogP contribution in [0.1, 0.15) is 42.5 Å². The van der Waals surface area contributed by atoms with E-state index >= 15 is 0 Å². The molecule has 1 amide bonds. The maximum Gasteiger partial charge on any atom is 0.253 e. The minimum absolute atomic E-state index is 0. The zero-order chi connectivity index (χ0) is 16.8. The SMILES string of the molecule is CNc1ccc(-c2cccc(C(=O)N3CCCCCCC3)c2)cc1.Cl. The van der Waals surface area contributed by atoms with Gasteiger partial charge in [-0.2, -0.15) is 0 Å². The van der Waals surface area contributed by atoms with Gasteiger partial charge < -0.3 is 10.2 Å². The van der Waals surface area contributed by atoms with Crippen molar-refractivity contribution < 1.29 is 4.79 Å².